The number of ether oxygens (including phenoxy) is 1. The largest absolute Gasteiger partial charge is 0.489 e. The second-order valence-corrected chi connectivity index (χ2v) is 10.2. The highest BCUT2D eigenvalue weighted by Crippen LogP contribution is 2.33. The van der Waals surface area contributed by atoms with Crippen molar-refractivity contribution in [3.8, 4) is 5.75 Å². The first-order valence-electron chi connectivity index (χ1n) is 11.5. The molecule has 0 aliphatic carbocycles. The average Bonchev–Trinajstić information content (AvgIpc) is 3.16. The van der Waals surface area contributed by atoms with Crippen LogP contribution in [0.2, 0.25) is 0 Å². The molecule has 1 aliphatic rings. The minimum atomic E-state index is -0.497. The molecule has 4 aromatic carbocycles. The highest BCUT2D eigenvalue weighted by molar-refractivity contribution is 9.10. The van der Waals surface area contributed by atoms with Crippen LogP contribution in [0.4, 0.5) is 10.5 Å². The van der Waals surface area contributed by atoms with Gasteiger partial charge in [0.15, 0.2) is 0 Å². The molecule has 0 bridgehead atoms. The van der Waals surface area contributed by atoms with Crippen molar-refractivity contribution in [1.29, 1.82) is 0 Å². The Labute approximate surface area is 226 Å². The van der Waals surface area contributed by atoms with Gasteiger partial charge in [0.1, 0.15) is 18.9 Å². The van der Waals surface area contributed by atoms with E-state index in [0.717, 1.165) is 43.0 Å². The lowest BCUT2D eigenvalue weighted by atomic mass is 10.1. The van der Waals surface area contributed by atoms with Crippen LogP contribution in [0.25, 0.3) is 16.8 Å². The van der Waals surface area contributed by atoms with Crippen LogP contribution >= 0.6 is 27.7 Å². The van der Waals surface area contributed by atoms with E-state index in [1.54, 1.807) is 30.3 Å². The number of benzene rings is 4. The van der Waals surface area contributed by atoms with Gasteiger partial charge in [-0.1, -0.05) is 70.5 Å². The van der Waals surface area contributed by atoms with E-state index in [-0.39, 0.29) is 11.4 Å². The van der Waals surface area contributed by atoms with Gasteiger partial charge >= 0.3 is 0 Å². The molecule has 1 aliphatic heterocycles. The molecule has 1 heterocycles. The number of hydrogen-bond acceptors (Lipinski definition) is 5. The first-order valence-corrected chi connectivity index (χ1v) is 13.1. The summed E-state index contributed by atoms with van der Waals surface area (Å²) in [5.74, 6) is -0.299. The van der Waals surface area contributed by atoms with Crippen molar-refractivity contribution in [3.05, 3.63) is 112 Å². The number of carbonyl (C=O) groups excluding carboxylic acids is 3. The van der Waals surface area contributed by atoms with E-state index < -0.39 is 17.1 Å². The van der Waals surface area contributed by atoms with Crippen LogP contribution < -0.4 is 10.1 Å². The molecule has 0 atom stereocenters. The van der Waals surface area contributed by atoms with Crippen LogP contribution in [0, 0.1) is 0 Å². The highest BCUT2D eigenvalue weighted by Gasteiger charge is 2.36. The van der Waals surface area contributed by atoms with Gasteiger partial charge in [-0.15, -0.1) is 0 Å². The van der Waals surface area contributed by atoms with Crippen molar-refractivity contribution < 1.29 is 19.1 Å². The first-order chi connectivity index (χ1) is 18.0. The zero-order valence-electron chi connectivity index (χ0n) is 19.5. The van der Waals surface area contributed by atoms with Gasteiger partial charge in [-0.25, -0.2) is 0 Å². The van der Waals surface area contributed by atoms with Crippen molar-refractivity contribution in [3.63, 3.8) is 0 Å². The Balaban J connectivity index is 1.25. The number of amides is 3. The van der Waals surface area contributed by atoms with E-state index in [9.17, 15) is 14.4 Å². The van der Waals surface area contributed by atoms with E-state index in [0.29, 0.717) is 18.0 Å². The average molecular weight is 573 g/mol. The number of hydrogen-bond donors (Lipinski definition) is 1. The molecule has 37 heavy (non-hydrogen) atoms. The van der Waals surface area contributed by atoms with E-state index in [1.165, 1.54) is 0 Å². The third-order valence-corrected chi connectivity index (χ3v) is 7.17. The summed E-state index contributed by atoms with van der Waals surface area (Å²) in [6, 6.07) is 28.6. The van der Waals surface area contributed by atoms with Gasteiger partial charge in [0.05, 0.1) is 4.91 Å². The maximum atomic E-state index is 12.9. The third-order valence-electron chi connectivity index (χ3n) is 5.73. The number of nitrogens with zero attached hydrogens (tertiary/aromatic N) is 1. The SMILES string of the molecule is O=C(CN1C(=O)S/C(=C/c2cccc(OCc3cccc4ccccc34)c2)C1=O)Nc1ccc(Br)cc1. The normalized spacial score (nSPS) is 14.4. The molecule has 0 saturated carbocycles. The lowest BCUT2D eigenvalue weighted by Crippen LogP contribution is -2.36. The number of rotatable bonds is 7. The van der Waals surface area contributed by atoms with Crippen molar-refractivity contribution >= 4 is 67.3 Å². The zero-order valence-corrected chi connectivity index (χ0v) is 21.9. The van der Waals surface area contributed by atoms with Gasteiger partial charge in [0.25, 0.3) is 11.1 Å². The van der Waals surface area contributed by atoms with Gasteiger partial charge in [-0.3, -0.25) is 19.3 Å². The Morgan fingerprint density at radius 2 is 1.70 bits per heavy atom. The number of halogens is 1. The quantitative estimate of drug-likeness (QED) is 0.245. The van der Waals surface area contributed by atoms with Crippen molar-refractivity contribution in [2.24, 2.45) is 0 Å². The topological polar surface area (TPSA) is 75.7 Å². The van der Waals surface area contributed by atoms with Crippen LogP contribution in [-0.4, -0.2) is 28.5 Å². The van der Waals surface area contributed by atoms with Crippen LogP contribution in [-0.2, 0) is 16.2 Å². The first kappa shape index (κ1) is 24.8. The molecule has 5 rings (SSSR count). The fourth-order valence-corrected chi connectivity index (χ4v) is 5.04. The van der Waals surface area contributed by atoms with Crippen molar-refractivity contribution in [2.75, 3.05) is 11.9 Å². The minimum absolute atomic E-state index is 0.257. The Bertz CT molecular complexity index is 1530. The molecule has 0 unspecified atom stereocenters. The van der Waals surface area contributed by atoms with Crippen molar-refractivity contribution in [1.82, 2.24) is 4.90 Å². The van der Waals surface area contributed by atoms with Crippen molar-refractivity contribution in [2.45, 2.75) is 6.61 Å². The summed E-state index contributed by atoms with van der Waals surface area (Å²) in [7, 11) is 0. The van der Waals surface area contributed by atoms with Gasteiger partial charge in [0.2, 0.25) is 5.91 Å². The Morgan fingerprint density at radius 3 is 2.54 bits per heavy atom. The van der Waals surface area contributed by atoms with Crippen LogP contribution in [0.15, 0.2) is 100 Å². The molecule has 8 heteroatoms. The molecular weight excluding hydrogens is 552 g/mol. The second-order valence-electron chi connectivity index (χ2n) is 8.32. The van der Waals surface area contributed by atoms with Crippen LogP contribution in [0.5, 0.6) is 5.75 Å². The third kappa shape index (κ3) is 5.93. The summed E-state index contributed by atoms with van der Waals surface area (Å²) in [6.07, 6.45) is 1.64. The predicted molar refractivity (Wildman–Crippen MR) is 150 cm³/mol. The van der Waals surface area contributed by atoms with E-state index in [1.807, 2.05) is 48.5 Å². The Kier molecular flexibility index (Phi) is 7.39. The minimum Gasteiger partial charge on any atom is -0.489 e. The van der Waals surface area contributed by atoms with Gasteiger partial charge in [0, 0.05) is 10.2 Å². The molecule has 0 spiro atoms. The molecule has 1 saturated heterocycles. The molecule has 0 aromatic heterocycles. The summed E-state index contributed by atoms with van der Waals surface area (Å²) in [4.78, 5) is 39.0. The van der Waals surface area contributed by atoms with Gasteiger partial charge < -0.3 is 10.1 Å². The smallest absolute Gasteiger partial charge is 0.294 e. The summed E-state index contributed by atoms with van der Waals surface area (Å²) >= 11 is 4.15. The lowest BCUT2D eigenvalue weighted by molar-refractivity contribution is -0.127. The summed E-state index contributed by atoms with van der Waals surface area (Å²) < 4.78 is 6.92. The Hall–Kier alpha value is -3.88. The Morgan fingerprint density at radius 1 is 0.946 bits per heavy atom. The van der Waals surface area contributed by atoms with Gasteiger partial charge in [-0.05, 0) is 76.1 Å². The molecule has 4 aromatic rings. The molecule has 1 N–H and O–H groups in total. The maximum Gasteiger partial charge on any atom is 0.294 e. The standard InChI is InChI=1S/C29H21BrN2O4S/c30-22-11-13-23(14-12-22)31-27(33)17-32-28(34)26(37-29(32)35)16-19-5-3-9-24(15-19)36-18-21-8-4-7-20-6-1-2-10-25(20)21/h1-16H,17-18H2,(H,31,33)/b26-16+. The maximum absolute atomic E-state index is 12.9. The molecule has 184 valence electrons. The van der Waals surface area contributed by atoms with E-state index >= 15 is 0 Å². The van der Waals surface area contributed by atoms with E-state index in [2.05, 4.69) is 39.4 Å². The lowest BCUT2D eigenvalue weighted by Gasteiger charge is -2.12. The number of nitrogens with one attached hydrogen (secondary N) is 1. The number of thioether (sulfide) groups is 1. The number of carbonyl (C=O) groups is 3. The summed E-state index contributed by atoms with van der Waals surface area (Å²) in [6.45, 7) is 0.0427. The molecule has 1 fully saturated rings. The number of anilines is 1. The van der Waals surface area contributed by atoms with Gasteiger partial charge in [-0.2, -0.15) is 0 Å². The van der Waals surface area contributed by atoms with Crippen LogP contribution in [0.3, 0.4) is 0 Å². The van der Waals surface area contributed by atoms with Crippen LogP contribution in [0.1, 0.15) is 11.1 Å². The van der Waals surface area contributed by atoms with E-state index in [4.69, 9.17) is 4.74 Å². The molecule has 6 nitrogen and oxygen atoms in total. The fraction of sp³-hybridized carbons (Fsp3) is 0.0690. The predicted octanol–water partition coefficient (Wildman–Crippen LogP) is 6.86. The molecule has 3 amide bonds. The summed E-state index contributed by atoms with van der Waals surface area (Å²) in [5.41, 5.74) is 2.38. The summed E-state index contributed by atoms with van der Waals surface area (Å²) in [5, 5.41) is 4.51. The number of imide groups is 1. The fourth-order valence-electron chi connectivity index (χ4n) is 3.94. The second kappa shape index (κ2) is 11.0. The molecule has 0 radical (unpaired) electrons. The monoisotopic (exact) mass is 572 g/mol. The highest BCUT2D eigenvalue weighted by atomic mass is 79.9. The zero-order chi connectivity index (χ0) is 25.8. The number of fused-ring (bicyclic) bond motifs is 1. The molecular formula is C29H21BrN2O4S.